The fourth-order valence-corrected chi connectivity index (χ4v) is 2.48. The van der Waals surface area contributed by atoms with E-state index in [1.54, 1.807) is 6.26 Å². The van der Waals surface area contributed by atoms with Gasteiger partial charge in [0.25, 0.3) is 0 Å². The van der Waals surface area contributed by atoms with Crippen LogP contribution in [-0.2, 0) is 6.54 Å². The normalized spacial score (nSPS) is 12.6. The van der Waals surface area contributed by atoms with Crippen LogP contribution in [0.4, 0.5) is 0 Å². The maximum absolute atomic E-state index is 5.34. The van der Waals surface area contributed by atoms with Gasteiger partial charge in [0.05, 0.1) is 12.3 Å². The van der Waals surface area contributed by atoms with Gasteiger partial charge in [-0.05, 0) is 45.6 Å². The summed E-state index contributed by atoms with van der Waals surface area (Å²) in [5.41, 5.74) is 2.57. The Balaban J connectivity index is 0.00000312. The fourth-order valence-electron chi connectivity index (χ4n) is 2.48. The molecular weight excluding hydrogens is 427 g/mol. The first-order valence-corrected chi connectivity index (χ1v) is 8.37. The number of furan rings is 1. The van der Waals surface area contributed by atoms with Gasteiger partial charge >= 0.3 is 0 Å². The van der Waals surface area contributed by atoms with E-state index >= 15 is 0 Å². The highest BCUT2D eigenvalue weighted by Gasteiger charge is 2.14. The molecule has 1 aromatic heterocycles. The van der Waals surface area contributed by atoms with Crippen molar-refractivity contribution in [2.24, 2.45) is 4.99 Å². The van der Waals surface area contributed by atoms with E-state index in [1.165, 1.54) is 11.1 Å². The van der Waals surface area contributed by atoms with Gasteiger partial charge in [-0.1, -0.05) is 29.8 Å². The quantitative estimate of drug-likeness (QED) is 0.380. The number of rotatable bonds is 7. The monoisotopic (exact) mass is 456 g/mol. The second-order valence-electron chi connectivity index (χ2n) is 6.05. The predicted molar refractivity (Wildman–Crippen MR) is 115 cm³/mol. The van der Waals surface area contributed by atoms with Gasteiger partial charge in [0.1, 0.15) is 12.3 Å². The third kappa shape index (κ3) is 7.07. The summed E-state index contributed by atoms with van der Waals surface area (Å²) < 4.78 is 5.34. The molecule has 0 aliphatic rings. The van der Waals surface area contributed by atoms with Crippen molar-refractivity contribution in [1.82, 2.24) is 15.5 Å². The van der Waals surface area contributed by atoms with Crippen LogP contribution in [0.2, 0.25) is 0 Å². The van der Waals surface area contributed by atoms with E-state index in [-0.39, 0.29) is 30.0 Å². The first-order chi connectivity index (χ1) is 11.6. The lowest BCUT2D eigenvalue weighted by Gasteiger charge is -2.26. The SMILES string of the molecule is CCNC(=NCc1ccco1)NCC(c1ccc(C)cc1)N(C)C.I. The number of halogens is 1. The number of guanidine groups is 1. The number of hydrogen-bond donors (Lipinski definition) is 2. The summed E-state index contributed by atoms with van der Waals surface area (Å²) in [6.07, 6.45) is 1.67. The topological polar surface area (TPSA) is 52.8 Å². The van der Waals surface area contributed by atoms with E-state index in [9.17, 15) is 0 Å². The maximum Gasteiger partial charge on any atom is 0.191 e. The van der Waals surface area contributed by atoms with Gasteiger partial charge in [0.2, 0.25) is 0 Å². The molecule has 0 saturated carbocycles. The van der Waals surface area contributed by atoms with E-state index in [4.69, 9.17) is 4.42 Å². The van der Waals surface area contributed by atoms with Gasteiger partial charge in [-0.2, -0.15) is 0 Å². The zero-order valence-corrected chi connectivity index (χ0v) is 17.8. The molecule has 5 nitrogen and oxygen atoms in total. The smallest absolute Gasteiger partial charge is 0.191 e. The minimum Gasteiger partial charge on any atom is -0.467 e. The first kappa shape index (κ1) is 21.5. The van der Waals surface area contributed by atoms with Gasteiger partial charge in [-0.15, -0.1) is 24.0 Å². The van der Waals surface area contributed by atoms with E-state index in [1.807, 2.05) is 12.1 Å². The molecule has 1 unspecified atom stereocenters. The Hall–Kier alpha value is -1.54. The summed E-state index contributed by atoms with van der Waals surface area (Å²) in [6, 6.07) is 12.8. The van der Waals surface area contributed by atoms with Crippen LogP contribution in [0.5, 0.6) is 0 Å². The number of aliphatic imine (C=N–C) groups is 1. The van der Waals surface area contributed by atoms with Crippen molar-refractivity contribution in [1.29, 1.82) is 0 Å². The zero-order chi connectivity index (χ0) is 17.4. The van der Waals surface area contributed by atoms with Crippen LogP contribution in [0.1, 0.15) is 29.9 Å². The number of likely N-dealkylation sites (N-methyl/N-ethyl adjacent to an activating group) is 1. The fraction of sp³-hybridized carbons (Fsp3) is 0.421. The van der Waals surface area contributed by atoms with Crippen LogP contribution in [0.15, 0.2) is 52.1 Å². The Morgan fingerprint density at radius 3 is 2.44 bits per heavy atom. The van der Waals surface area contributed by atoms with Gasteiger partial charge in [0, 0.05) is 13.1 Å². The van der Waals surface area contributed by atoms with Crippen molar-refractivity contribution in [2.75, 3.05) is 27.2 Å². The van der Waals surface area contributed by atoms with Crippen molar-refractivity contribution >= 4 is 29.9 Å². The molecule has 2 rings (SSSR count). The van der Waals surface area contributed by atoms with Crippen molar-refractivity contribution in [3.05, 3.63) is 59.5 Å². The van der Waals surface area contributed by atoms with Crippen molar-refractivity contribution < 1.29 is 4.42 Å². The van der Waals surface area contributed by atoms with E-state index in [0.717, 1.165) is 24.8 Å². The van der Waals surface area contributed by atoms with Crippen LogP contribution < -0.4 is 10.6 Å². The zero-order valence-electron chi connectivity index (χ0n) is 15.5. The minimum atomic E-state index is 0. The molecule has 0 saturated heterocycles. The molecule has 0 bridgehead atoms. The number of hydrogen-bond acceptors (Lipinski definition) is 3. The molecule has 0 radical (unpaired) electrons. The van der Waals surface area contributed by atoms with Crippen LogP contribution in [0.3, 0.4) is 0 Å². The largest absolute Gasteiger partial charge is 0.467 e. The molecule has 0 amide bonds. The number of aryl methyl sites for hydroxylation is 1. The third-order valence-electron chi connectivity index (χ3n) is 3.87. The summed E-state index contributed by atoms with van der Waals surface area (Å²) in [5, 5.41) is 6.71. The van der Waals surface area contributed by atoms with E-state index in [2.05, 4.69) is 72.7 Å². The summed E-state index contributed by atoms with van der Waals surface area (Å²) >= 11 is 0. The van der Waals surface area contributed by atoms with Crippen LogP contribution in [0.25, 0.3) is 0 Å². The van der Waals surface area contributed by atoms with Crippen LogP contribution >= 0.6 is 24.0 Å². The molecule has 1 heterocycles. The second-order valence-corrected chi connectivity index (χ2v) is 6.05. The highest BCUT2D eigenvalue weighted by atomic mass is 127. The summed E-state index contributed by atoms with van der Waals surface area (Å²) in [6.45, 7) is 6.30. The number of benzene rings is 1. The summed E-state index contributed by atoms with van der Waals surface area (Å²) in [7, 11) is 4.19. The lowest BCUT2D eigenvalue weighted by Crippen LogP contribution is -2.41. The Morgan fingerprint density at radius 1 is 1.16 bits per heavy atom. The van der Waals surface area contributed by atoms with Crippen LogP contribution in [-0.4, -0.2) is 38.0 Å². The molecule has 1 atom stereocenters. The van der Waals surface area contributed by atoms with E-state index < -0.39 is 0 Å². The molecule has 0 aliphatic carbocycles. The number of nitrogens with zero attached hydrogens (tertiary/aromatic N) is 2. The molecule has 6 heteroatoms. The summed E-state index contributed by atoms with van der Waals surface area (Å²) in [4.78, 5) is 6.79. The van der Waals surface area contributed by atoms with Gasteiger partial charge in [-0.3, -0.25) is 0 Å². The van der Waals surface area contributed by atoms with Gasteiger partial charge < -0.3 is 20.0 Å². The van der Waals surface area contributed by atoms with Gasteiger partial charge in [-0.25, -0.2) is 4.99 Å². The second kappa shape index (κ2) is 11.1. The molecule has 2 aromatic rings. The lowest BCUT2D eigenvalue weighted by atomic mass is 10.0. The lowest BCUT2D eigenvalue weighted by molar-refractivity contribution is 0.298. The highest BCUT2D eigenvalue weighted by molar-refractivity contribution is 14.0. The maximum atomic E-state index is 5.34. The standard InChI is InChI=1S/C19H28N4O.HI/c1-5-20-19(21-13-17-7-6-12-24-17)22-14-18(23(3)4)16-10-8-15(2)9-11-16;/h6-12,18H,5,13-14H2,1-4H3,(H2,20,21,22);1H. The Labute approximate surface area is 167 Å². The Kier molecular flexibility index (Phi) is 9.59. The van der Waals surface area contributed by atoms with Crippen molar-refractivity contribution in [3.8, 4) is 0 Å². The molecule has 0 spiro atoms. The number of nitrogens with one attached hydrogen (secondary N) is 2. The minimum absolute atomic E-state index is 0. The van der Waals surface area contributed by atoms with E-state index in [0.29, 0.717) is 6.54 Å². The highest BCUT2D eigenvalue weighted by Crippen LogP contribution is 2.17. The van der Waals surface area contributed by atoms with Crippen LogP contribution in [0, 0.1) is 6.92 Å². The van der Waals surface area contributed by atoms with Crippen molar-refractivity contribution in [2.45, 2.75) is 26.4 Å². The predicted octanol–water partition coefficient (Wildman–Crippen LogP) is 3.56. The molecule has 0 aliphatic heterocycles. The molecule has 1 aromatic carbocycles. The molecule has 138 valence electrons. The molecule has 25 heavy (non-hydrogen) atoms. The van der Waals surface area contributed by atoms with Gasteiger partial charge in [0.15, 0.2) is 5.96 Å². The Morgan fingerprint density at radius 2 is 1.88 bits per heavy atom. The summed E-state index contributed by atoms with van der Waals surface area (Å²) in [5.74, 6) is 1.66. The average Bonchev–Trinajstić information content (AvgIpc) is 3.07. The molecule has 0 fully saturated rings. The van der Waals surface area contributed by atoms with Crippen molar-refractivity contribution in [3.63, 3.8) is 0 Å². The average molecular weight is 456 g/mol. The molecule has 2 N–H and O–H groups in total. The third-order valence-corrected chi connectivity index (χ3v) is 3.87. The molecular formula is C19H29IN4O. The Bertz CT molecular complexity index is 623. The first-order valence-electron chi connectivity index (χ1n) is 8.37.